The molecule has 0 aliphatic heterocycles. The predicted molar refractivity (Wildman–Crippen MR) is 73.6 cm³/mol. The van der Waals surface area contributed by atoms with Crippen LogP contribution in [0.3, 0.4) is 0 Å². The minimum atomic E-state index is 0.534. The van der Waals surface area contributed by atoms with Crippen molar-refractivity contribution in [3.8, 4) is 0 Å². The van der Waals surface area contributed by atoms with Gasteiger partial charge in [0.25, 0.3) is 0 Å². The van der Waals surface area contributed by atoms with E-state index in [1.807, 2.05) is 18.2 Å². The molecule has 2 aromatic rings. The Hall–Kier alpha value is -1.22. The quantitative estimate of drug-likeness (QED) is 0.852. The van der Waals surface area contributed by atoms with E-state index >= 15 is 0 Å². The van der Waals surface area contributed by atoms with Gasteiger partial charge in [-0.25, -0.2) is 4.98 Å². The number of nitrogen functional groups attached to an aromatic ring is 1. The Kier molecular flexibility index (Phi) is 2.16. The minimum absolute atomic E-state index is 0.534. The minimum Gasteiger partial charge on any atom is -0.369 e. The zero-order valence-electron chi connectivity index (χ0n) is 10.1. The van der Waals surface area contributed by atoms with Crippen LogP contribution in [0.2, 0.25) is 5.02 Å². The Balaban J connectivity index is 1.88. The van der Waals surface area contributed by atoms with E-state index in [9.17, 15) is 0 Å². The van der Waals surface area contributed by atoms with E-state index in [0.717, 1.165) is 27.9 Å². The van der Waals surface area contributed by atoms with Crippen LogP contribution in [-0.4, -0.2) is 9.55 Å². The first-order valence-electron chi connectivity index (χ1n) is 6.65. The predicted octanol–water partition coefficient (Wildman–Crippen LogP) is 3.63. The first-order valence-corrected chi connectivity index (χ1v) is 7.03. The molecule has 2 aliphatic carbocycles. The van der Waals surface area contributed by atoms with Gasteiger partial charge in [-0.3, -0.25) is 0 Å². The van der Waals surface area contributed by atoms with Gasteiger partial charge in [-0.2, -0.15) is 0 Å². The maximum atomic E-state index is 6.12. The van der Waals surface area contributed by atoms with Crippen LogP contribution < -0.4 is 5.73 Å². The highest BCUT2D eigenvalue weighted by Crippen LogP contribution is 2.52. The molecule has 0 radical (unpaired) electrons. The van der Waals surface area contributed by atoms with Crippen molar-refractivity contribution in [1.29, 1.82) is 0 Å². The highest BCUT2D eigenvalue weighted by molar-refractivity contribution is 6.31. The number of nitrogens with zero attached hydrogens (tertiary/aromatic N) is 2. The lowest BCUT2D eigenvalue weighted by atomic mass is 9.95. The van der Waals surface area contributed by atoms with Crippen LogP contribution in [0.15, 0.2) is 18.2 Å². The van der Waals surface area contributed by atoms with Crippen molar-refractivity contribution in [3.05, 3.63) is 23.2 Å². The third-order valence-electron chi connectivity index (χ3n) is 4.71. The summed E-state index contributed by atoms with van der Waals surface area (Å²) < 4.78 is 2.23. The monoisotopic (exact) mass is 261 g/mol. The van der Waals surface area contributed by atoms with Gasteiger partial charge in [-0.1, -0.05) is 18.0 Å². The molecule has 0 saturated heterocycles. The second-order valence-electron chi connectivity index (χ2n) is 5.72. The Bertz CT molecular complexity index is 619. The van der Waals surface area contributed by atoms with Gasteiger partial charge < -0.3 is 10.3 Å². The Morgan fingerprint density at radius 1 is 1.28 bits per heavy atom. The van der Waals surface area contributed by atoms with Gasteiger partial charge in [0.2, 0.25) is 5.95 Å². The fourth-order valence-electron chi connectivity index (χ4n) is 3.96. The lowest BCUT2D eigenvalue weighted by molar-refractivity contribution is 0.339. The van der Waals surface area contributed by atoms with Crippen molar-refractivity contribution in [2.45, 2.75) is 31.7 Å². The maximum absolute atomic E-state index is 6.12. The molecule has 3 unspecified atom stereocenters. The molecule has 3 nitrogen and oxygen atoms in total. The largest absolute Gasteiger partial charge is 0.369 e. The second-order valence-corrected chi connectivity index (χ2v) is 6.15. The lowest BCUT2D eigenvalue weighted by Gasteiger charge is -2.24. The summed E-state index contributed by atoms with van der Waals surface area (Å²) in [5, 5.41) is 0.756. The third-order valence-corrected chi connectivity index (χ3v) is 4.95. The van der Waals surface area contributed by atoms with E-state index in [2.05, 4.69) is 9.55 Å². The lowest BCUT2D eigenvalue weighted by Crippen LogP contribution is -2.17. The Morgan fingerprint density at radius 3 is 2.89 bits per heavy atom. The number of hydrogen-bond donors (Lipinski definition) is 1. The molecular weight excluding hydrogens is 246 g/mol. The molecule has 1 heterocycles. The van der Waals surface area contributed by atoms with E-state index in [4.69, 9.17) is 17.3 Å². The average molecular weight is 262 g/mol. The van der Waals surface area contributed by atoms with Gasteiger partial charge >= 0.3 is 0 Å². The molecule has 18 heavy (non-hydrogen) atoms. The molecule has 1 aromatic heterocycles. The summed E-state index contributed by atoms with van der Waals surface area (Å²) in [6, 6.07) is 6.36. The van der Waals surface area contributed by atoms with Gasteiger partial charge in [-0.15, -0.1) is 0 Å². The van der Waals surface area contributed by atoms with E-state index in [-0.39, 0.29) is 0 Å². The van der Waals surface area contributed by atoms with Gasteiger partial charge in [0, 0.05) is 11.1 Å². The second kappa shape index (κ2) is 3.64. The molecule has 2 N–H and O–H groups in total. The summed E-state index contributed by atoms with van der Waals surface area (Å²) in [4.78, 5) is 4.46. The number of hydrogen-bond acceptors (Lipinski definition) is 2. The van der Waals surface area contributed by atoms with Crippen molar-refractivity contribution < 1.29 is 0 Å². The summed E-state index contributed by atoms with van der Waals surface area (Å²) in [7, 11) is 0. The Labute approximate surface area is 111 Å². The molecule has 0 spiro atoms. The number of imidazole rings is 1. The van der Waals surface area contributed by atoms with Crippen LogP contribution in [-0.2, 0) is 0 Å². The van der Waals surface area contributed by atoms with Crippen molar-refractivity contribution in [2.75, 3.05) is 5.73 Å². The number of nitrogens with two attached hydrogens (primary N) is 1. The van der Waals surface area contributed by atoms with Crippen molar-refractivity contribution in [1.82, 2.24) is 9.55 Å². The molecule has 0 amide bonds. The molecule has 2 fully saturated rings. The number of rotatable bonds is 1. The van der Waals surface area contributed by atoms with E-state index in [1.165, 1.54) is 25.7 Å². The first-order chi connectivity index (χ1) is 8.72. The zero-order valence-corrected chi connectivity index (χ0v) is 10.9. The normalized spacial score (nSPS) is 30.4. The Morgan fingerprint density at radius 2 is 2.17 bits per heavy atom. The number of halogens is 1. The summed E-state index contributed by atoms with van der Waals surface area (Å²) in [6.07, 6.45) is 5.36. The number of benzene rings is 1. The first kappa shape index (κ1) is 10.7. The fourth-order valence-corrected chi connectivity index (χ4v) is 4.13. The van der Waals surface area contributed by atoms with Gasteiger partial charge in [-0.05, 0) is 49.3 Å². The van der Waals surface area contributed by atoms with Gasteiger partial charge in [0.1, 0.15) is 0 Å². The highest BCUT2D eigenvalue weighted by atomic mass is 35.5. The number of anilines is 1. The third kappa shape index (κ3) is 1.40. The molecular formula is C14H16ClN3. The van der Waals surface area contributed by atoms with E-state index in [0.29, 0.717) is 12.0 Å². The van der Waals surface area contributed by atoms with Crippen LogP contribution in [0.25, 0.3) is 11.0 Å². The van der Waals surface area contributed by atoms with Crippen LogP contribution >= 0.6 is 11.6 Å². The molecule has 4 heteroatoms. The number of aromatic nitrogens is 2. The molecule has 94 valence electrons. The molecule has 2 saturated carbocycles. The highest BCUT2D eigenvalue weighted by Gasteiger charge is 2.41. The van der Waals surface area contributed by atoms with Crippen molar-refractivity contribution in [3.63, 3.8) is 0 Å². The molecule has 1 aromatic carbocycles. The van der Waals surface area contributed by atoms with Crippen molar-refractivity contribution in [2.24, 2.45) is 11.8 Å². The summed E-state index contributed by atoms with van der Waals surface area (Å²) in [6.45, 7) is 0. The van der Waals surface area contributed by atoms with Crippen LogP contribution in [0, 0.1) is 11.8 Å². The topological polar surface area (TPSA) is 43.8 Å². The van der Waals surface area contributed by atoms with Gasteiger partial charge in [0.15, 0.2) is 0 Å². The van der Waals surface area contributed by atoms with E-state index in [1.54, 1.807) is 0 Å². The van der Waals surface area contributed by atoms with E-state index < -0.39 is 0 Å². The SMILES string of the molecule is Nc1nc2ccc(Cl)cc2n1C1CC2CCC1C2. The molecule has 2 aliphatic rings. The summed E-state index contributed by atoms with van der Waals surface area (Å²) >= 11 is 6.10. The smallest absolute Gasteiger partial charge is 0.201 e. The summed E-state index contributed by atoms with van der Waals surface area (Å²) in [5.41, 5.74) is 8.18. The van der Waals surface area contributed by atoms with Crippen LogP contribution in [0.1, 0.15) is 31.7 Å². The van der Waals surface area contributed by atoms with Gasteiger partial charge in [0.05, 0.1) is 11.0 Å². The van der Waals surface area contributed by atoms with Crippen molar-refractivity contribution >= 4 is 28.6 Å². The maximum Gasteiger partial charge on any atom is 0.201 e. The number of fused-ring (bicyclic) bond motifs is 3. The average Bonchev–Trinajstić information content (AvgIpc) is 3.01. The fraction of sp³-hybridized carbons (Fsp3) is 0.500. The van der Waals surface area contributed by atoms with Crippen LogP contribution in [0.4, 0.5) is 5.95 Å². The molecule has 3 atom stereocenters. The standard InChI is InChI=1S/C14H16ClN3/c15-10-3-4-11-13(7-10)18(14(16)17-11)12-6-8-1-2-9(12)5-8/h3-4,7-9,12H,1-2,5-6H2,(H2,16,17). The summed E-state index contributed by atoms with van der Waals surface area (Å²) in [5.74, 6) is 2.33. The molecule has 4 rings (SSSR count). The van der Waals surface area contributed by atoms with Crippen LogP contribution in [0.5, 0.6) is 0 Å². The molecule has 2 bridgehead atoms. The zero-order chi connectivity index (χ0) is 12.3.